The number of carbonyl (C=O) groups excluding carboxylic acids is 1. The summed E-state index contributed by atoms with van der Waals surface area (Å²) in [6.07, 6.45) is 0. The molecule has 0 unspecified atom stereocenters. The summed E-state index contributed by atoms with van der Waals surface area (Å²) in [5, 5.41) is 8.90. The van der Waals surface area contributed by atoms with E-state index in [1.54, 1.807) is 0 Å². The first-order chi connectivity index (χ1) is 9.11. The first kappa shape index (κ1) is 15.0. The largest absolute Gasteiger partial charge is 0.395 e. The number of aliphatic hydroxyl groups excluding tert-OH is 1. The molecule has 1 aliphatic rings. The van der Waals surface area contributed by atoms with Crippen LogP contribution in [0.2, 0.25) is 0 Å². The highest BCUT2D eigenvalue weighted by molar-refractivity contribution is 9.11. The highest BCUT2D eigenvalue weighted by atomic mass is 79.9. The Morgan fingerprint density at radius 1 is 1.21 bits per heavy atom. The zero-order valence-corrected chi connectivity index (χ0v) is 13.7. The predicted octanol–water partition coefficient (Wildman–Crippen LogP) is 1.96. The maximum absolute atomic E-state index is 12.4. The molecule has 1 N–H and O–H groups in total. The van der Waals surface area contributed by atoms with Crippen molar-refractivity contribution in [1.29, 1.82) is 0 Å². The van der Waals surface area contributed by atoms with Crippen molar-refractivity contribution in [2.45, 2.75) is 0 Å². The zero-order chi connectivity index (χ0) is 13.8. The molecule has 1 amide bonds. The second-order valence-corrected chi connectivity index (χ2v) is 6.25. The van der Waals surface area contributed by atoms with Gasteiger partial charge >= 0.3 is 0 Å². The van der Waals surface area contributed by atoms with Gasteiger partial charge in [0.05, 0.1) is 12.2 Å². The number of carbonyl (C=O) groups is 1. The number of aliphatic hydroxyl groups is 1. The highest BCUT2D eigenvalue weighted by Gasteiger charge is 2.23. The van der Waals surface area contributed by atoms with Crippen LogP contribution in [0.15, 0.2) is 27.1 Å². The van der Waals surface area contributed by atoms with E-state index in [4.69, 9.17) is 5.11 Å². The fourth-order valence-electron chi connectivity index (χ4n) is 2.15. The number of benzene rings is 1. The maximum Gasteiger partial charge on any atom is 0.255 e. The molecule has 0 spiro atoms. The van der Waals surface area contributed by atoms with Gasteiger partial charge in [0.1, 0.15) is 0 Å². The van der Waals surface area contributed by atoms with E-state index in [2.05, 4.69) is 36.8 Å². The number of rotatable bonds is 3. The maximum atomic E-state index is 12.4. The molecule has 0 atom stereocenters. The van der Waals surface area contributed by atoms with E-state index in [-0.39, 0.29) is 12.5 Å². The summed E-state index contributed by atoms with van der Waals surface area (Å²) in [6.45, 7) is 3.92. The number of hydrogen-bond acceptors (Lipinski definition) is 3. The molecule has 2 rings (SSSR count). The molecule has 4 nitrogen and oxygen atoms in total. The van der Waals surface area contributed by atoms with Gasteiger partial charge in [-0.3, -0.25) is 9.69 Å². The Labute approximate surface area is 129 Å². The Kier molecular flexibility index (Phi) is 5.38. The van der Waals surface area contributed by atoms with E-state index >= 15 is 0 Å². The number of amides is 1. The number of hydrogen-bond donors (Lipinski definition) is 1. The Hall–Kier alpha value is -0.430. The highest BCUT2D eigenvalue weighted by Crippen LogP contribution is 2.23. The first-order valence-electron chi connectivity index (χ1n) is 6.19. The Balaban J connectivity index is 2.01. The third-order valence-corrected chi connectivity index (χ3v) is 4.39. The van der Waals surface area contributed by atoms with Gasteiger partial charge in [0.25, 0.3) is 5.91 Å². The third-order valence-electron chi connectivity index (χ3n) is 3.24. The van der Waals surface area contributed by atoms with Gasteiger partial charge in [-0.1, -0.05) is 15.9 Å². The summed E-state index contributed by atoms with van der Waals surface area (Å²) in [5.41, 5.74) is 0.693. The Morgan fingerprint density at radius 2 is 1.89 bits per heavy atom. The minimum atomic E-state index is 0.0584. The molecule has 1 aromatic rings. The van der Waals surface area contributed by atoms with Crippen molar-refractivity contribution >= 4 is 37.8 Å². The lowest BCUT2D eigenvalue weighted by Crippen LogP contribution is -2.49. The van der Waals surface area contributed by atoms with Crippen LogP contribution in [0.3, 0.4) is 0 Å². The molecular formula is C13H16Br2N2O2. The molecule has 0 bridgehead atoms. The quantitative estimate of drug-likeness (QED) is 0.856. The molecule has 0 saturated carbocycles. The summed E-state index contributed by atoms with van der Waals surface area (Å²) in [4.78, 5) is 16.4. The summed E-state index contributed by atoms with van der Waals surface area (Å²) < 4.78 is 1.76. The van der Waals surface area contributed by atoms with Gasteiger partial charge in [0.2, 0.25) is 0 Å². The molecule has 1 saturated heterocycles. The Morgan fingerprint density at radius 3 is 2.47 bits per heavy atom. The van der Waals surface area contributed by atoms with Crippen LogP contribution in [0.1, 0.15) is 10.4 Å². The van der Waals surface area contributed by atoms with Crippen molar-refractivity contribution < 1.29 is 9.90 Å². The predicted molar refractivity (Wildman–Crippen MR) is 81.3 cm³/mol. The smallest absolute Gasteiger partial charge is 0.255 e. The van der Waals surface area contributed by atoms with Gasteiger partial charge in [-0.25, -0.2) is 0 Å². The second-order valence-electron chi connectivity index (χ2n) is 4.48. The molecule has 6 heteroatoms. The molecule has 0 aliphatic carbocycles. The van der Waals surface area contributed by atoms with Crippen LogP contribution in [0.4, 0.5) is 0 Å². The summed E-state index contributed by atoms with van der Waals surface area (Å²) in [7, 11) is 0. The van der Waals surface area contributed by atoms with Crippen LogP contribution >= 0.6 is 31.9 Å². The number of piperazine rings is 1. The number of β-amino-alcohol motifs (C(OH)–C–C–N with tert-alkyl or cyclic N) is 1. The first-order valence-corrected chi connectivity index (χ1v) is 7.78. The average molecular weight is 392 g/mol. The van der Waals surface area contributed by atoms with Crippen LogP contribution < -0.4 is 0 Å². The number of halogens is 2. The van der Waals surface area contributed by atoms with Crippen molar-refractivity contribution in [3.05, 3.63) is 32.7 Å². The van der Waals surface area contributed by atoms with E-state index in [9.17, 15) is 4.79 Å². The molecule has 0 aromatic heterocycles. The molecule has 1 aromatic carbocycles. The standard InChI is InChI=1S/C13H16Br2N2O2/c14-10-1-2-11(12(15)9-10)13(19)17-5-3-16(4-6-17)7-8-18/h1-2,9,18H,3-8H2. The molecule has 1 heterocycles. The van der Waals surface area contributed by atoms with Crippen LogP contribution in [0.25, 0.3) is 0 Å². The van der Waals surface area contributed by atoms with Gasteiger partial charge in [-0.2, -0.15) is 0 Å². The van der Waals surface area contributed by atoms with Crippen LogP contribution in [-0.4, -0.2) is 60.1 Å². The van der Waals surface area contributed by atoms with E-state index in [1.807, 2.05) is 23.1 Å². The molecular weight excluding hydrogens is 376 g/mol. The lowest BCUT2D eigenvalue weighted by Gasteiger charge is -2.34. The summed E-state index contributed by atoms with van der Waals surface area (Å²) in [6, 6.07) is 5.59. The van der Waals surface area contributed by atoms with Crippen molar-refractivity contribution in [2.24, 2.45) is 0 Å². The molecule has 1 aliphatic heterocycles. The van der Waals surface area contributed by atoms with Crippen molar-refractivity contribution in [3.63, 3.8) is 0 Å². The van der Waals surface area contributed by atoms with Crippen molar-refractivity contribution in [3.8, 4) is 0 Å². The van der Waals surface area contributed by atoms with E-state index in [0.29, 0.717) is 25.2 Å². The third kappa shape index (κ3) is 3.78. The lowest BCUT2D eigenvalue weighted by molar-refractivity contribution is 0.0614. The Bertz CT molecular complexity index is 460. The van der Waals surface area contributed by atoms with Crippen LogP contribution in [0.5, 0.6) is 0 Å². The van der Waals surface area contributed by atoms with Gasteiger partial charge < -0.3 is 10.0 Å². The van der Waals surface area contributed by atoms with E-state index < -0.39 is 0 Å². The summed E-state index contributed by atoms with van der Waals surface area (Å²) in [5.74, 6) is 0.0584. The fourth-order valence-corrected chi connectivity index (χ4v) is 3.37. The minimum absolute atomic E-state index is 0.0584. The molecule has 19 heavy (non-hydrogen) atoms. The number of nitrogens with zero attached hydrogens (tertiary/aromatic N) is 2. The normalized spacial score (nSPS) is 16.7. The van der Waals surface area contributed by atoms with E-state index in [1.165, 1.54) is 0 Å². The average Bonchev–Trinajstić information content (AvgIpc) is 2.39. The lowest BCUT2D eigenvalue weighted by atomic mass is 10.2. The molecule has 0 radical (unpaired) electrons. The van der Waals surface area contributed by atoms with Crippen LogP contribution in [-0.2, 0) is 0 Å². The topological polar surface area (TPSA) is 43.8 Å². The monoisotopic (exact) mass is 390 g/mol. The van der Waals surface area contributed by atoms with Gasteiger partial charge in [-0.05, 0) is 34.1 Å². The van der Waals surface area contributed by atoms with E-state index in [0.717, 1.165) is 22.0 Å². The zero-order valence-electron chi connectivity index (χ0n) is 10.5. The molecule has 1 fully saturated rings. The molecule has 104 valence electrons. The second kappa shape index (κ2) is 6.83. The van der Waals surface area contributed by atoms with Crippen molar-refractivity contribution in [1.82, 2.24) is 9.80 Å². The fraction of sp³-hybridized carbons (Fsp3) is 0.462. The van der Waals surface area contributed by atoms with Gasteiger partial charge in [0.15, 0.2) is 0 Å². The minimum Gasteiger partial charge on any atom is -0.395 e. The van der Waals surface area contributed by atoms with Gasteiger partial charge in [-0.15, -0.1) is 0 Å². The SMILES string of the molecule is O=C(c1ccc(Br)cc1Br)N1CCN(CCO)CC1. The van der Waals surface area contributed by atoms with Gasteiger partial charge in [0, 0.05) is 41.7 Å². The van der Waals surface area contributed by atoms with Crippen molar-refractivity contribution in [2.75, 3.05) is 39.3 Å². The summed E-state index contributed by atoms with van der Waals surface area (Å²) >= 11 is 6.81. The van der Waals surface area contributed by atoms with Crippen LogP contribution in [0, 0.1) is 0 Å².